The van der Waals surface area contributed by atoms with Crippen LogP contribution in [0, 0.1) is 5.82 Å². The number of anilines is 2. The Labute approximate surface area is 233 Å². The summed E-state index contributed by atoms with van der Waals surface area (Å²) in [5, 5.41) is 4.23. The Morgan fingerprint density at radius 1 is 0.842 bits per heavy atom. The molecule has 3 aromatic carbocycles. The lowest BCUT2D eigenvalue weighted by atomic mass is 10.1. The molecular weight excluding hydrogens is 552 g/mol. The quantitative estimate of drug-likeness (QED) is 0.273. The highest BCUT2D eigenvalue weighted by molar-refractivity contribution is 6.36. The molecule has 1 fully saturated rings. The van der Waals surface area contributed by atoms with Crippen LogP contribution in [0.15, 0.2) is 77.2 Å². The van der Waals surface area contributed by atoms with Gasteiger partial charge in [-0.1, -0.05) is 46.9 Å². The van der Waals surface area contributed by atoms with E-state index < -0.39 is 11.7 Å². The third-order valence-electron chi connectivity index (χ3n) is 6.25. The van der Waals surface area contributed by atoms with Crippen LogP contribution in [0.4, 0.5) is 15.8 Å². The first kappa shape index (κ1) is 26.1. The second-order valence-corrected chi connectivity index (χ2v) is 9.94. The summed E-state index contributed by atoms with van der Waals surface area (Å²) in [5.74, 6) is -0.821. The van der Waals surface area contributed by atoms with Crippen molar-refractivity contribution in [3.63, 3.8) is 0 Å². The average molecular weight is 573 g/mol. The molecule has 38 heavy (non-hydrogen) atoms. The molecule has 4 aromatic rings. The highest BCUT2D eigenvalue weighted by Crippen LogP contribution is 2.33. The van der Waals surface area contributed by atoms with Gasteiger partial charge in [-0.15, -0.1) is 0 Å². The second kappa shape index (κ2) is 11.1. The summed E-state index contributed by atoms with van der Waals surface area (Å²) in [5.41, 5.74) is 1.91. The van der Waals surface area contributed by atoms with E-state index in [1.54, 1.807) is 59.5 Å². The van der Waals surface area contributed by atoms with Crippen LogP contribution in [0.2, 0.25) is 15.1 Å². The number of furan rings is 1. The maximum absolute atomic E-state index is 14.1. The Morgan fingerprint density at radius 3 is 2.29 bits per heavy atom. The molecule has 6 nitrogen and oxygen atoms in total. The van der Waals surface area contributed by atoms with Crippen molar-refractivity contribution < 1.29 is 18.4 Å². The van der Waals surface area contributed by atoms with Gasteiger partial charge < -0.3 is 19.5 Å². The first-order valence-electron chi connectivity index (χ1n) is 11.7. The summed E-state index contributed by atoms with van der Waals surface area (Å²) >= 11 is 18.5. The van der Waals surface area contributed by atoms with Crippen LogP contribution in [-0.2, 0) is 0 Å². The van der Waals surface area contributed by atoms with Crippen LogP contribution < -0.4 is 10.2 Å². The van der Waals surface area contributed by atoms with E-state index in [1.807, 2.05) is 11.0 Å². The topological polar surface area (TPSA) is 65.8 Å². The van der Waals surface area contributed by atoms with Crippen molar-refractivity contribution in [1.82, 2.24) is 4.90 Å². The SMILES string of the molecule is O=C(Nc1cc(Cl)ccc1N1CCN(C(=O)c2ccccc2F)CC1)c1ccc(-c2ccc(Cl)cc2Cl)o1. The number of piperazine rings is 1. The van der Waals surface area contributed by atoms with Crippen LogP contribution in [-0.4, -0.2) is 42.9 Å². The Kier molecular flexibility index (Phi) is 7.61. The van der Waals surface area contributed by atoms with Crippen molar-refractivity contribution in [2.24, 2.45) is 0 Å². The largest absolute Gasteiger partial charge is 0.451 e. The van der Waals surface area contributed by atoms with Crippen LogP contribution in [0.25, 0.3) is 11.3 Å². The van der Waals surface area contributed by atoms with Gasteiger partial charge in [-0.25, -0.2) is 4.39 Å². The van der Waals surface area contributed by atoms with Crippen molar-refractivity contribution in [2.75, 3.05) is 36.4 Å². The molecule has 0 saturated carbocycles. The molecule has 0 radical (unpaired) electrons. The molecule has 1 aliphatic rings. The van der Waals surface area contributed by atoms with Crippen LogP contribution in [0.3, 0.4) is 0 Å². The Bertz CT molecular complexity index is 1520. The first-order valence-corrected chi connectivity index (χ1v) is 12.9. The minimum absolute atomic E-state index is 0.0538. The minimum atomic E-state index is -0.540. The fourth-order valence-corrected chi connectivity index (χ4v) is 4.99. The molecule has 194 valence electrons. The van der Waals surface area contributed by atoms with Gasteiger partial charge >= 0.3 is 0 Å². The number of amides is 2. The summed E-state index contributed by atoms with van der Waals surface area (Å²) in [6, 6.07) is 19.4. The van der Waals surface area contributed by atoms with Gasteiger partial charge in [-0.2, -0.15) is 0 Å². The molecule has 0 spiro atoms. The van der Waals surface area contributed by atoms with Gasteiger partial charge in [0.2, 0.25) is 0 Å². The number of hydrogen-bond donors (Lipinski definition) is 1. The number of nitrogens with one attached hydrogen (secondary N) is 1. The zero-order chi connectivity index (χ0) is 26.8. The van der Waals surface area contributed by atoms with Gasteiger partial charge in [-0.3, -0.25) is 9.59 Å². The van der Waals surface area contributed by atoms with E-state index >= 15 is 0 Å². The smallest absolute Gasteiger partial charge is 0.291 e. The number of rotatable bonds is 5. The number of nitrogens with zero attached hydrogens (tertiary/aromatic N) is 2. The molecule has 0 unspecified atom stereocenters. The predicted octanol–water partition coefficient (Wildman–Crippen LogP) is 7.26. The molecule has 2 heterocycles. The van der Waals surface area contributed by atoms with E-state index in [0.29, 0.717) is 58.3 Å². The fraction of sp³-hybridized carbons (Fsp3) is 0.143. The summed E-state index contributed by atoms with van der Waals surface area (Å²) in [6.07, 6.45) is 0. The molecular formula is C28H21Cl3FN3O3. The number of hydrogen-bond acceptors (Lipinski definition) is 4. The van der Waals surface area contributed by atoms with E-state index in [2.05, 4.69) is 5.32 Å². The maximum Gasteiger partial charge on any atom is 0.291 e. The molecule has 5 rings (SSSR count). The van der Waals surface area contributed by atoms with Crippen LogP contribution in [0.1, 0.15) is 20.9 Å². The molecule has 1 aromatic heterocycles. The number of halogens is 4. The number of carbonyl (C=O) groups is 2. The highest BCUT2D eigenvalue weighted by Gasteiger charge is 2.26. The van der Waals surface area contributed by atoms with Gasteiger partial charge in [-0.05, 0) is 60.7 Å². The first-order chi connectivity index (χ1) is 18.3. The highest BCUT2D eigenvalue weighted by atomic mass is 35.5. The van der Waals surface area contributed by atoms with Crippen molar-refractivity contribution in [3.05, 3.63) is 105 Å². The average Bonchev–Trinajstić information content (AvgIpc) is 3.39. The molecule has 1 aliphatic heterocycles. The monoisotopic (exact) mass is 571 g/mol. The summed E-state index contributed by atoms with van der Waals surface area (Å²) in [4.78, 5) is 29.5. The van der Waals surface area contributed by atoms with Crippen LogP contribution in [0.5, 0.6) is 0 Å². The summed E-state index contributed by atoms with van der Waals surface area (Å²) in [6.45, 7) is 1.77. The summed E-state index contributed by atoms with van der Waals surface area (Å²) in [7, 11) is 0. The molecule has 10 heteroatoms. The Hall–Kier alpha value is -3.52. The molecule has 0 aliphatic carbocycles. The van der Waals surface area contributed by atoms with E-state index in [1.165, 1.54) is 12.1 Å². The van der Waals surface area contributed by atoms with Gasteiger partial charge in [0, 0.05) is 41.8 Å². The number of carbonyl (C=O) groups excluding carboxylic acids is 2. The second-order valence-electron chi connectivity index (χ2n) is 8.66. The predicted molar refractivity (Wildman–Crippen MR) is 148 cm³/mol. The molecule has 1 saturated heterocycles. The molecule has 2 amide bonds. The van der Waals surface area contributed by atoms with Gasteiger partial charge in [0.15, 0.2) is 5.76 Å². The van der Waals surface area contributed by atoms with Crippen molar-refractivity contribution in [2.45, 2.75) is 0 Å². The molecule has 0 bridgehead atoms. The standard InChI is InChI=1S/C28H21Cl3FN3O3/c29-17-5-7-19(21(31)15-17)25-9-10-26(38-25)27(36)33-23-16-18(30)6-8-24(23)34-11-13-35(14-12-34)28(37)20-3-1-2-4-22(20)32/h1-10,15-16H,11-14H2,(H,33,36). The third-order valence-corrected chi connectivity index (χ3v) is 7.03. The Morgan fingerprint density at radius 2 is 1.55 bits per heavy atom. The van der Waals surface area contributed by atoms with E-state index in [-0.39, 0.29) is 17.2 Å². The number of benzene rings is 3. The van der Waals surface area contributed by atoms with E-state index in [9.17, 15) is 14.0 Å². The zero-order valence-corrected chi connectivity index (χ0v) is 22.2. The third kappa shape index (κ3) is 5.50. The van der Waals surface area contributed by atoms with E-state index in [4.69, 9.17) is 39.2 Å². The molecule has 0 atom stereocenters. The maximum atomic E-state index is 14.1. The lowest BCUT2D eigenvalue weighted by Crippen LogP contribution is -2.49. The fourth-order valence-electron chi connectivity index (χ4n) is 4.32. The van der Waals surface area contributed by atoms with Gasteiger partial charge in [0.05, 0.1) is 22.0 Å². The van der Waals surface area contributed by atoms with Gasteiger partial charge in [0.1, 0.15) is 11.6 Å². The summed E-state index contributed by atoms with van der Waals surface area (Å²) < 4.78 is 19.9. The molecule has 1 N–H and O–H groups in total. The van der Waals surface area contributed by atoms with E-state index in [0.717, 1.165) is 5.69 Å². The Balaban J connectivity index is 1.30. The van der Waals surface area contributed by atoms with Gasteiger partial charge in [0.25, 0.3) is 11.8 Å². The van der Waals surface area contributed by atoms with Crippen molar-refractivity contribution in [1.29, 1.82) is 0 Å². The minimum Gasteiger partial charge on any atom is -0.451 e. The normalized spacial score (nSPS) is 13.5. The lowest BCUT2D eigenvalue weighted by molar-refractivity contribution is 0.0742. The van der Waals surface area contributed by atoms with Crippen LogP contribution >= 0.6 is 34.8 Å². The van der Waals surface area contributed by atoms with Crippen molar-refractivity contribution >= 4 is 58.0 Å². The zero-order valence-electron chi connectivity index (χ0n) is 19.9. The van der Waals surface area contributed by atoms with Crippen molar-refractivity contribution in [3.8, 4) is 11.3 Å². The lowest BCUT2D eigenvalue weighted by Gasteiger charge is -2.37.